The predicted octanol–water partition coefficient (Wildman–Crippen LogP) is 5.64. The Morgan fingerprint density at radius 2 is 1.95 bits per heavy atom. The highest BCUT2D eigenvalue weighted by molar-refractivity contribution is 9.10. The van der Waals surface area contributed by atoms with Gasteiger partial charge < -0.3 is 4.74 Å². The predicted molar refractivity (Wildman–Crippen MR) is 87.3 cm³/mol. The summed E-state index contributed by atoms with van der Waals surface area (Å²) in [6, 6.07) is 14.6. The summed E-state index contributed by atoms with van der Waals surface area (Å²) >= 11 is 7.31. The van der Waals surface area contributed by atoms with Crippen LogP contribution in [0.2, 0.25) is 0 Å². The van der Waals surface area contributed by atoms with Crippen molar-refractivity contribution in [3.8, 4) is 5.75 Å². The second-order valence-electron chi connectivity index (χ2n) is 4.39. The largest absolute Gasteiger partial charge is 0.494 e. The fourth-order valence-corrected chi connectivity index (χ4v) is 3.03. The van der Waals surface area contributed by atoms with Gasteiger partial charge in [0, 0.05) is 10.0 Å². The van der Waals surface area contributed by atoms with E-state index in [1.165, 1.54) is 11.1 Å². The average Bonchev–Trinajstić information content (AvgIpc) is 2.40. The van der Waals surface area contributed by atoms with Crippen molar-refractivity contribution in [1.29, 1.82) is 0 Å². The Bertz CT molecular complexity index is 566. The monoisotopic (exact) mass is 382 g/mol. The van der Waals surface area contributed by atoms with Crippen LogP contribution in [0.4, 0.5) is 0 Å². The second-order valence-corrected chi connectivity index (χ2v) is 6.22. The van der Waals surface area contributed by atoms with Crippen LogP contribution in [0.1, 0.15) is 28.4 Å². The molecule has 0 saturated heterocycles. The van der Waals surface area contributed by atoms with Gasteiger partial charge in [0.2, 0.25) is 0 Å². The highest BCUT2D eigenvalue weighted by Gasteiger charge is 2.16. The summed E-state index contributed by atoms with van der Waals surface area (Å²) < 4.78 is 6.77. The topological polar surface area (TPSA) is 9.23 Å². The lowest BCUT2D eigenvalue weighted by molar-refractivity contribution is 0.337. The Labute approximate surface area is 131 Å². The highest BCUT2D eigenvalue weighted by atomic mass is 79.9. The fraction of sp³-hybridized carbons (Fsp3) is 0.250. The van der Waals surface area contributed by atoms with Crippen molar-refractivity contribution in [2.24, 2.45) is 0 Å². The van der Waals surface area contributed by atoms with E-state index in [9.17, 15) is 0 Å². The summed E-state index contributed by atoms with van der Waals surface area (Å²) in [7, 11) is 0. The van der Waals surface area contributed by atoms with Crippen LogP contribution in [-0.4, -0.2) is 6.61 Å². The van der Waals surface area contributed by atoms with Gasteiger partial charge in [-0.3, -0.25) is 0 Å². The Morgan fingerprint density at radius 3 is 2.63 bits per heavy atom. The molecule has 0 aliphatic carbocycles. The maximum absolute atomic E-state index is 5.71. The molecule has 2 aromatic rings. The minimum Gasteiger partial charge on any atom is -0.494 e. The fourth-order valence-electron chi connectivity index (χ4n) is 2.01. The molecule has 1 atom stereocenters. The molecule has 1 unspecified atom stereocenters. The van der Waals surface area contributed by atoms with Crippen molar-refractivity contribution in [2.45, 2.75) is 18.7 Å². The normalized spacial score (nSPS) is 12.2. The molecule has 0 saturated carbocycles. The zero-order valence-corrected chi connectivity index (χ0v) is 14.2. The quantitative estimate of drug-likeness (QED) is 0.620. The second kappa shape index (κ2) is 6.58. The van der Waals surface area contributed by atoms with E-state index in [-0.39, 0.29) is 4.83 Å². The van der Waals surface area contributed by atoms with Crippen LogP contribution in [0.15, 0.2) is 46.9 Å². The number of halogens is 2. The molecule has 0 aliphatic heterocycles. The Kier molecular flexibility index (Phi) is 5.06. The van der Waals surface area contributed by atoms with Crippen LogP contribution in [0.25, 0.3) is 0 Å². The molecule has 0 aliphatic rings. The summed E-state index contributed by atoms with van der Waals surface area (Å²) in [5, 5.41) is 0. The minimum atomic E-state index is 0.131. The van der Waals surface area contributed by atoms with E-state index in [4.69, 9.17) is 4.74 Å². The van der Waals surface area contributed by atoms with Gasteiger partial charge in [0.1, 0.15) is 5.75 Å². The van der Waals surface area contributed by atoms with E-state index >= 15 is 0 Å². The van der Waals surface area contributed by atoms with Crippen molar-refractivity contribution in [1.82, 2.24) is 0 Å². The number of benzene rings is 2. The third-order valence-electron chi connectivity index (χ3n) is 2.88. The van der Waals surface area contributed by atoms with Gasteiger partial charge in [0.25, 0.3) is 0 Å². The first-order chi connectivity index (χ1) is 9.11. The molecule has 1 nitrogen and oxygen atoms in total. The molecule has 0 fully saturated rings. The molecule has 0 heterocycles. The van der Waals surface area contributed by atoms with Crippen LogP contribution >= 0.6 is 31.9 Å². The molecule has 0 bridgehead atoms. The number of hydrogen-bond donors (Lipinski definition) is 0. The number of ether oxygens (including phenoxy) is 1. The molecule has 0 spiro atoms. The van der Waals surface area contributed by atoms with Crippen LogP contribution in [0, 0.1) is 6.92 Å². The summed E-state index contributed by atoms with van der Waals surface area (Å²) in [5.74, 6) is 0.925. The van der Waals surface area contributed by atoms with E-state index in [0.29, 0.717) is 6.61 Å². The van der Waals surface area contributed by atoms with Crippen molar-refractivity contribution in [3.05, 3.63) is 63.6 Å². The lowest BCUT2D eigenvalue weighted by Crippen LogP contribution is -2.00. The van der Waals surface area contributed by atoms with Gasteiger partial charge in [-0.1, -0.05) is 61.7 Å². The third kappa shape index (κ3) is 3.61. The molecular formula is C16H16Br2O. The number of alkyl halides is 1. The van der Waals surface area contributed by atoms with E-state index in [2.05, 4.69) is 69.1 Å². The van der Waals surface area contributed by atoms with E-state index in [0.717, 1.165) is 15.8 Å². The average molecular weight is 384 g/mol. The Morgan fingerprint density at radius 1 is 1.16 bits per heavy atom. The number of hydrogen-bond acceptors (Lipinski definition) is 1. The Balaban J connectivity index is 2.42. The van der Waals surface area contributed by atoms with Gasteiger partial charge in [-0.15, -0.1) is 0 Å². The van der Waals surface area contributed by atoms with E-state index in [1.54, 1.807) is 0 Å². The van der Waals surface area contributed by atoms with Gasteiger partial charge in [-0.2, -0.15) is 0 Å². The zero-order valence-electron chi connectivity index (χ0n) is 11.0. The van der Waals surface area contributed by atoms with Gasteiger partial charge in [-0.25, -0.2) is 0 Å². The van der Waals surface area contributed by atoms with Gasteiger partial charge in [0.15, 0.2) is 0 Å². The summed E-state index contributed by atoms with van der Waals surface area (Å²) in [4.78, 5) is 0.131. The molecule has 0 amide bonds. The van der Waals surface area contributed by atoms with Crippen molar-refractivity contribution in [2.75, 3.05) is 6.61 Å². The molecule has 0 radical (unpaired) electrons. The molecule has 2 rings (SSSR count). The van der Waals surface area contributed by atoms with Gasteiger partial charge >= 0.3 is 0 Å². The smallest absolute Gasteiger partial charge is 0.124 e. The number of aryl methyl sites for hydroxylation is 1. The lowest BCUT2D eigenvalue weighted by Gasteiger charge is -2.16. The third-order valence-corrected chi connectivity index (χ3v) is 4.39. The van der Waals surface area contributed by atoms with Crippen LogP contribution < -0.4 is 4.74 Å². The molecular weight excluding hydrogens is 368 g/mol. The summed E-state index contributed by atoms with van der Waals surface area (Å²) in [6.07, 6.45) is 0. The maximum Gasteiger partial charge on any atom is 0.124 e. The van der Waals surface area contributed by atoms with Gasteiger partial charge in [-0.05, 0) is 37.6 Å². The highest BCUT2D eigenvalue weighted by Crippen LogP contribution is 2.38. The molecule has 100 valence electrons. The molecule has 3 heteroatoms. The summed E-state index contributed by atoms with van der Waals surface area (Å²) in [5.41, 5.74) is 3.63. The number of rotatable bonds is 4. The molecule has 2 aromatic carbocycles. The van der Waals surface area contributed by atoms with Crippen LogP contribution in [0.5, 0.6) is 5.75 Å². The molecule has 19 heavy (non-hydrogen) atoms. The first kappa shape index (κ1) is 14.6. The Hall–Kier alpha value is -0.800. The lowest BCUT2D eigenvalue weighted by atomic mass is 10.0. The molecule has 0 N–H and O–H groups in total. The van der Waals surface area contributed by atoms with Crippen molar-refractivity contribution < 1.29 is 4.74 Å². The first-order valence-corrected chi connectivity index (χ1v) is 7.95. The summed E-state index contributed by atoms with van der Waals surface area (Å²) in [6.45, 7) is 4.78. The van der Waals surface area contributed by atoms with Gasteiger partial charge in [0.05, 0.1) is 11.4 Å². The first-order valence-electron chi connectivity index (χ1n) is 6.24. The van der Waals surface area contributed by atoms with E-state index < -0.39 is 0 Å². The van der Waals surface area contributed by atoms with Crippen LogP contribution in [0.3, 0.4) is 0 Å². The van der Waals surface area contributed by atoms with E-state index in [1.807, 2.05) is 19.1 Å². The maximum atomic E-state index is 5.71. The van der Waals surface area contributed by atoms with Crippen molar-refractivity contribution >= 4 is 31.9 Å². The molecule has 0 aromatic heterocycles. The van der Waals surface area contributed by atoms with Crippen LogP contribution in [-0.2, 0) is 0 Å². The zero-order chi connectivity index (χ0) is 13.8. The van der Waals surface area contributed by atoms with Crippen molar-refractivity contribution in [3.63, 3.8) is 0 Å². The SMILES string of the molecule is CCOc1ccc(Br)cc1C(Br)c1cccc(C)c1. The standard InChI is InChI=1S/C16H16Br2O/c1-3-19-15-8-7-13(17)10-14(15)16(18)12-6-4-5-11(2)9-12/h4-10,16H,3H2,1-2H3. The minimum absolute atomic E-state index is 0.131.